The maximum absolute atomic E-state index is 13.2. The molecule has 2 heterocycles. The van der Waals surface area contributed by atoms with Crippen molar-refractivity contribution in [2.75, 3.05) is 11.9 Å². The Labute approximate surface area is 198 Å². The number of aromatic nitrogens is 2. The molecule has 6 nitrogen and oxygen atoms in total. The lowest BCUT2D eigenvalue weighted by molar-refractivity contribution is -0.143. The molecule has 0 bridgehead atoms. The minimum Gasteiger partial charge on any atom is -0.327 e. The lowest BCUT2D eigenvalue weighted by atomic mass is 10.0. The highest BCUT2D eigenvalue weighted by Crippen LogP contribution is 2.37. The van der Waals surface area contributed by atoms with Crippen molar-refractivity contribution in [3.63, 3.8) is 0 Å². The first-order valence-corrected chi connectivity index (χ1v) is 11.1. The average Bonchev–Trinajstić information content (AvgIpc) is 3.47. The molecule has 0 unspecified atom stereocenters. The van der Waals surface area contributed by atoms with Crippen LogP contribution in [0.5, 0.6) is 0 Å². The number of alkyl halides is 6. The second kappa shape index (κ2) is 9.29. The summed E-state index contributed by atoms with van der Waals surface area (Å²) in [5.41, 5.74) is -3.22. The van der Waals surface area contributed by atoms with Crippen LogP contribution in [0.15, 0.2) is 48.5 Å². The van der Waals surface area contributed by atoms with Gasteiger partial charge in [0, 0.05) is 17.7 Å². The molecule has 1 N–H and O–H groups in total. The van der Waals surface area contributed by atoms with Gasteiger partial charge in [0.05, 0.1) is 11.1 Å². The van der Waals surface area contributed by atoms with Gasteiger partial charge >= 0.3 is 12.4 Å². The molecule has 1 saturated heterocycles. The largest absolute Gasteiger partial charge is 0.416 e. The number of carbonyl (C=O) groups excluding carboxylic acids is 2. The molecule has 0 radical (unpaired) electrons. The highest BCUT2D eigenvalue weighted by molar-refractivity contribution is 7.18. The number of benzene rings is 2. The Kier molecular flexibility index (Phi) is 6.54. The van der Waals surface area contributed by atoms with Crippen molar-refractivity contribution >= 4 is 28.3 Å². The molecule has 3 aromatic rings. The zero-order valence-electron chi connectivity index (χ0n) is 17.7. The van der Waals surface area contributed by atoms with Crippen LogP contribution in [0.4, 0.5) is 31.5 Å². The zero-order valence-corrected chi connectivity index (χ0v) is 18.5. The maximum atomic E-state index is 13.2. The van der Waals surface area contributed by atoms with Crippen LogP contribution in [0.25, 0.3) is 10.6 Å². The van der Waals surface area contributed by atoms with Gasteiger partial charge in [-0.2, -0.15) is 26.3 Å². The molecule has 2 aromatic carbocycles. The van der Waals surface area contributed by atoms with Gasteiger partial charge in [0.2, 0.25) is 11.0 Å². The van der Waals surface area contributed by atoms with Crippen LogP contribution < -0.4 is 5.32 Å². The predicted octanol–water partition coefficient (Wildman–Crippen LogP) is 5.49. The summed E-state index contributed by atoms with van der Waals surface area (Å²) >= 11 is 1.08. The molecule has 4 rings (SSSR count). The van der Waals surface area contributed by atoms with Gasteiger partial charge in [-0.25, -0.2) is 0 Å². The number of likely N-dealkylation sites (tertiary alicyclic amines) is 1. The summed E-state index contributed by atoms with van der Waals surface area (Å²) in [7, 11) is 0. The first-order chi connectivity index (χ1) is 16.4. The van der Waals surface area contributed by atoms with Crippen molar-refractivity contribution in [3.8, 4) is 10.6 Å². The van der Waals surface area contributed by atoms with Crippen LogP contribution in [0, 0.1) is 0 Å². The highest BCUT2D eigenvalue weighted by atomic mass is 32.1. The van der Waals surface area contributed by atoms with Crippen molar-refractivity contribution < 1.29 is 35.9 Å². The van der Waals surface area contributed by atoms with E-state index >= 15 is 0 Å². The van der Waals surface area contributed by atoms with Crippen LogP contribution in [0.2, 0.25) is 0 Å². The molecule has 1 aliphatic heterocycles. The summed E-state index contributed by atoms with van der Waals surface area (Å²) < 4.78 is 79.1. The van der Waals surface area contributed by atoms with Crippen LogP contribution >= 0.6 is 11.3 Å². The van der Waals surface area contributed by atoms with E-state index in [0.29, 0.717) is 23.6 Å². The molecule has 2 amide bonds. The Morgan fingerprint density at radius 3 is 2.17 bits per heavy atom. The van der Waals surface area contributed by atoms with Crippen molar-refractivity contribution in [1.82, 2.24) is 15.1 Å². The summed E-state index contributed by atoms with van der Waals surface area (Å²) in [6, 6.07) is 8.61. The minimum atomic E-state index is -5.09. The molecule has 35 heavy (non-hydrogen) atoms. The molecule has 1 fully saturated rings. The van der Waals surface area contributed by atoms with E-state index in [1.54, 1.807) is 24.3 Å². The van der Waals surface area contributed by atoms with E-state index in [1.165, 1.54) is 0 Å². The second-order valence-electron chi connectivity index (χ2n) is 7.72. The molecule has 0 saturated carbocycles. The summed E-state index contributed by atoms with van der Waals surface area (Å²) in [4.78, 5) is 26.8. The second-order valence-corrected chi connectivity index (χ2v) is 8.70. The van der Waals surface area contributed by atoms with Gasteiger partial charge in [-0.1, -0.05) is 41.7 Å². The minimum absolute atomic E-state index is 0.0000982. The van der Waals surface area contributed by atoms with E-state index in [-0.39, 0.29) is 24.2 Å². The number of nitrogens with one attached hydrogen (secondary N) is 1. The molecule has 0 spiro atoms. The Bertz CT molecular complexity index is 1210. The zero-order chi connectivity index (χ0) is 25.4. The van der Waals surface area contributed by atoms with Gasteiger partial charge in [-0.15, -0.1) is 10.2 Å². The molecule has 184 valence electrons. The summed E-state index contributed by atoms with van der Waals surface area (Å²) in [5.74, 6) is -1.75. The number of nitrogens with zero attached hydrogens (tertiary/aromatic N) is 3. The van der Waals surface area contributed by atoms with E-state index < -0.39 is 46.9 Å². The van der Waals surface area contributed by atoms with Gasteiger partial charge in [-0.3, -0.25) is 14.9 Å². The van der Waals surface area contributed by atoms with E-state index in [0.717, 1.165) is 21.8 Å². The van der Waals surface area contributed by atoms with Gasteiger partial charge < -0.3 is 4.90 Å². The van der Waals surface area contributed by atoms with Crippen LogP contribution in [-0.4, -0.2) is 39.5 Å². The monoisotopic (exact) mass is 514 g/mol. The summed E-state index contributed by atoms with van der Waals surface area (Å²) in [6.45, 7) is -0.0000982. The van der Waals surface area contributed by atoms with E-state index in [2.05, 4.69) is 15.5 Å². The van der Waals surface area contributed by atoms with Gasteiger partial charge in [0.15, 0.2) is 0 Å². The van der Waals surface area contributed by atoms with Crippen LogP contribution in [-0.2, 0) is 17.1 Å². The smallest absolute Gasteiger partial charge is 0.327 e. The normalized spacial score (nSPS) is 16.4. The Hall–Kier alpha value is -3.48. The van der Waals surface area contributed by atoms with Crippen LogP contribution in [0.1, 0.15) is 34.3 Å². The molecular formula is C22H16F6N4O2S. The van der Waals surface area contributed by atoms with Gasteiger partial charge in [0.1, 0.15) is 11.0 Å². The number of hydrogen-bond acceptors (Lipinski definition) is 5. The van der Waals surface area contributed by atoms with Gasteiger partial charge in [0.25, 0.3) is 5.91 Å². The fourth-order valence-electron chi connectivity index (χ4n) is 3.69. The summed E-state index contributed by atoms with van der Waals surface area (Å²) in [6.07, 6.45) is -9.65. The highest BCUT2D eigenvalue weighted by Gasteiger charge is 2.40. The fraction of sp³-hybridized carbons (Fsp3) is 0.273. The molecule has 1 aliphatic rings. The standard InChI is InChI=1S/C22H16F6N4O2S/c23-21(24,25)14-9-13(10-15(11-14)22(26,27)28)19(34)32-8-4-7-16(32)17(33)29-20-31-30-18(35-20)12-5-2-1-3-6-12/h1-3,5-6,9-11,16H,4,7-8H2,(H,29,31,33)/t16-/m1/s1. The van der Waals surface area contributed by atoms with Gasteiger partial charge in [-0.05, 0) is 31.0 Å². The topological polar surface area (TPSA) is 75.2 Å². The SMILES string of the molecule is O=C(Nc1nnc(-c2ccccc2)s1)[C@H]1CCCN1C(=O)c1cc(C(F)(F)F)cc(C(F)(F)F)c1. The van der Waals surface area contributed by atoms with Crippen molar-refractivity contribution in [1.29, 1.82) is 0 Å². The number of hydrogen-bond donors (Lipinski definition) is 1. The first kappa shape index (κ1) is 24.6. The van der Waals surface area contributed by atoms with E-state index in [1.807, 2.05) is 6.07 Å². The maximum Gasteiger partial charge on any atom is 0.416 e. The first-order valence-electron chi connectivity index (χ1n) is 10.2. The number of anilines is 1. The Morgan fingerprint density at radius 2 is 1.57 bits per heavy atom. The third kappa shape index (κ3) is 5.45. The fourth-order valence-corrected chi connectivity index (χ4v) is 4.44. The van der Waals surface area contributed by atoms with Crippen LogP contribution in [0.3, 0.4) is 0 Å². The number of rotatable bonds is 4. The van der Waals surface area contributed by atoms with Crippen molar-refractivity contribution in [2.45, 2.75) is 31.2 Å². The van der Waals surface area contributed by atoms with Crippen molar-refractivity contribution in [2.24, 2.45) is 0 Å². The summed E-state index contributed by atoms with van der Waals surface area (Å²) in [5, 5.41) is 11.1. The predicted molar refractivity (Wildman–Crippen MR) is 114 cm³/mol. The average molecular weight is 514 g/mol. The quantitative estimate of drug-likeness (QED) is 0.468. The molecule has 1 atom stereocenters. The van der Waals surface area contributed by atoms with E-state index in [9.17, 15) is 35.9 Å². The number of halogens is 6. The van der Waals surface area contributed by atoms with E-state index in [4.69, 9.17) is 0 Å². The third-order valence-corrected chi connectivity index (χ3v) is 6.21. The molecular weight excluding hydrogens is 498 g/mol. The lowest BCUT2D eigenvalue weighted by Crippen LogP contribution is -2.43. The number of carbonyl (C=O) groups is 2. The molecule has 13 heteroatoms. The molecule has 1 aromatic heterocycles. The Balaban J connectivity index is 1.55. The van der Waals surface area contributed by atoms with Crippen molar-refractivity contribution in [3.05, 3.63) is 65.2 Å². The Morgan fingerprint density at radius 1 is 0.943 bits per heavy atom. The lowest BCUT2D eigenvalue weighted by Gasteiger charge is -2.24. The number of amides is 2. The third-order valence-electron chi connectivity index (χ3n) is 5.33. The molecule has 0 aliphatic carbocycles.